The highest BCUT2D eigenvalue weighted by molar-refractivity contribution is 5.77. The zero-order valence-corrected chi connectivity index (χ0v) is 19.4. The van der Waals surface area contributed by atoms with E-state index in [0.717, 1.165) is 24.1 Å². The van der Waals surface area contributed by atoms with E-state index in [1.165, 1.54) is 0 Å². The number of hydrogen-bond acceptors (Lipinski definition) is 4. The monoisotopic (exact) mass is 417 g/mol. The lowest BCUT2D eigenvalue weighted by atomic mass is 9.92. The number of amides is 2. The van der Waals surface area contributed by atoms with Crippen molar-refractivity contribution in [2.45, 2.75) is 66.2 Å². The van der Waals surface area contributed by atoms with Gasteiger partial charge in [0.05, 0.1) is 6.10 Å². The molecule has 3 N–H and O–H groups in total. The molecular weight excluding hydrogens is 378 g/mol. The zero-order valence-electron chi connectivity index (χ0n) is 19.4. The molecule has 168 valence electrons. The van der Waals surface area contributed by atoms with Crippen LogP contribution in [0.4, 0.5) is 0 Å². The molecule has 2 amide bonds. The van der Waals surface area contributed by atoms with Gasteiger partial charge in [-0.15, -0.1) is 6.42 Å². The van der Waals surface area contributed by atoms with Gasteiger partial charge in [-0.3, -0.25) is 9.59 Å². The Labute approximate surface area is 182 Å². The molecule has 1 saturated heterocycles. The quantitative estimate of drug-likeness (QED) is 0.508. The van der Waals surface area contributed by atoms with Crippen molar-refractivity contribution in [3.63, 3.8) is 0 Å². The summed E-state index contributed by atoms with van der Waals surface area (Å²) in [7, 11) is 1.95. The third-order valence-electron chi connectivity index (χ3n) is 4.29. The summed E-state index contributed by atoms with van der Waals surface area (Å²) in [5.41, 5.74) is 1.94. The minimum absolute atomic E-state index is 0.0463. The fourth-order valence-electron chi connectivity index (χ4n) is 2.41. The second kappa shape index (κ2) is 14.6. The van der Waals surface area contributed by atoms with Crippen molar-refractivity contribution in [2.75, 3.05) is 20.1 Å². The highest BCUT2D eigenvalue weighted by Crippen LogP contribution is 2.21. The number of β-amino-alcohol motifs (C(OH)–C–C–N with tert-alkyl or cyclic N) is 1. The molecule has 0 spiro atoms. The molecule has 30 heavy (non-hydrogen) atoms. The van der Waals surface area contributed by atoms with Crippen molar-refractivity contribution in [1.29, 1.82) is 0 Å². The minimum Gasteiger partial charge on any atom is -0.391 e. The normalized spacial score (nSPS) is 15.3. The van der Waals surface area contributed by atoms with Gasteiger partial charge in [0.25, 0.3) is 0 Å². The molecule has 0 saturated carbocycles. The molecule has 1 fully saturated rings. The fraction of sp³-hybridized carbons (Fsp3) is 0.583. The van der Waals surface area contributed by atoms with Crippen LogP contribution in [-0.4, -0.2) is 54.6 Å². The number of aliphatic hydroxyl groups excluding tert-OH is 1. The van der Waals surface area contributed by atoms with E-state index in [9.17, 15) is 14.7 Å². The highest BCUT2D eigenvalue weighted by atomic mass is 16.3. The van der Waals surface area contributed by atoms with Crippen molar-refractivity contribution in [3.8, 4) is 12.3 Å². The molecule has 0 aromatic heterocycles. The Morgan fingerprint density at radius 2 is 1.90 bits per heavy atom. The third kappa shape index (κ3) is 13.8. The molecule has 1 aliphatic rings. The zero-order chi connectivity index (χ0) is 23.2. The maximum atomic E-state index is 11.6. The molecule has 6 nitrogen and oxygen atoms in total. The molecule has 1 heterocycles. The van der Waals surface area contributed by atoms with E-state index >= 15 is 0 Å². The van der Waals surface area contributed by atoms with E-state index in [0.29, 0.717) is 32.0 Å². The summed E-state index contributed by atoms with van der Waals surface area (Å²) in [5.74, 6) is 2.69. The van der Waals surface area contributed by atoms with Gasteiger partial charge in [-0.1, -0.05) is 52.7 Å². The Bertz CT molecular complexity index is 658. The van der Waals surface area contributed by atoms with E-state index in [-0.39, 0.29) is 17.4 Å². The van der Waals surface area contributed by atoms with Gasteiger partial charge in [-0.05, 0) is 36.6 Å². The van der Waals surface area contributed by atoms with E-state index in [1.54, 1.807) is 4.90 Å². The summed E-state index contributed by atoms with van der Waals surface area (Å²) in [4.78, 5) is 23.3. The molecule has 6 heteroatoms. The second-order valence-corrected chi connectivity index (χ2v) is 8.80. The molecule has 1 aromatic rings. The van der Waals surface area contributed by atoms with Crippen LogP contribution in [-0.2, 0) is 16.1 Å². The summed E-state index contributed by atoms with van der Waals surface area (Å²) in [6.07, 6.45) is 6.85. The molecule has 1 aliphatic heterocycles. The van der Waals surface area contributed by atoms with Gasteiger partial charge < -0.3 is 20.6 Å². The lowest BCUT2D eigenvalue weighted by Gasteiger charge is -2.22. The number of carbonyl (C=O) groups is 2. The highest BCUT2D eigenvalue weighted by Gasteiger charge is 2.27. The van der Waals surface area contributed by atoms with Crippen LogP contribution in [0.1, 0.15) is 58.6 Å². The molecule has 1 atom stereocenters. The van der Waals surface area contributed by atoms with Crippen LogP contribution in [0.2, 0.25) is 0 Å². The first-order valence-corrected chi connectivity index (χ1v) is 10.4. The standard InChI is InChI=1S/C10H19NO2.C10H9NO.C4H11N/c1-10(2,3)6-9(13)11-5-4-8(12)7-11;1-2-9-3-5-10(6-4-9)7-11-8-12;1-4(2)5-3/h8,12H,4-7H2,1-3H3;1,3-6,8H,7H2,(H,11,12);4-5H,1-3H3. The van der Waals surface area contributed by atoms with E-state index in [4.69, 9.17) is 6.42 Å². The summed E-state index contributed by atoms with van der Waals surface area (Å²) in [5, 5.41) is 14.9. The van der Waals surface area contributed by atoms with Crippen molar-refractivity contribution in [1.82, 2.24) is 15.5 Å². The Balaban J connectivity index is 0.000000461. The minimum atomic E-state index is -0.302. The maximum Gasteiger partial charge on any atom is 0.223 e. The predicted molar refractivity (Wildman–Crippen MR) is 123 cm³/mol. The van der Waals surface area contributed by atoms with Crippen LogP contribution in [0.15, 0.2) is 24.3 Å². The van der Waals surface area contributed by atoms with Crippen molar-refractivity contribution in [3.05, 3.63) is 35.4 Å². The van der Waals surface area contributed by atoms with Gasteiger partial charge in [0.15, 0.2) is 0 Å². The van der Waals surface area contributed by atoms with E-state index in [1.807, 2.05) is 31.3 Å². The second-order valence-electron chi connectivity index (χ2n) is 8.80. The molecule has 0 radical (unpaired) electrons. The summed E-state index contributed by atoms with van der Waals surface area (Å²) in [6.45, 7) is 12.2. The largest absolute Gasteiger partial charge is 0.391 e. The van der Waals surface area contributed by atoms with Gasteiger partial charge in [-0.25, -0.2) is 0 Å². The molecule has 1 aromatic carbocycles. The Kier molecular flexibility index (Phi) is 13.4. The summed E-state index contributed by atoms with van der Waals surface area (Å²) >= 11 is 0. The van der Waals surface area contributed by atoms with Crippen LogP contribution in [0.3, 0.4) is 0 Å². The SMILES string of the molecule is C#Cc1ccc(CNC=O)cc1.CC(C)(C)CC(=O)N1CCC(O)C1.CNC(C)C. The van der Waals surface area contributed by atoms with Gasteiger partial charge >= 0.3 is 0 Å². The first-order valence-electron chi connectivity index (χ1n) is 10.4. The fourth-order valence-corrected chi connectivity index (χ4v) is 2.41. The number of rotatable bonds is 5. The first-order chi connectivity index (χ1) is 14.0. The Morgan fingerprint density at radius 1 is 1.33 bits per heavy atom. The van der Waals surface area contributed by atoms with Gasteiger partial charge in [0.1, 0.15) is 0 Å². The van der Waals surface area contributed by atoms with E-state index < -0.39 is 0 Å². The maximum absolute atomic E-state index is 11.6. The Morgan fingerprint density at radius 3 is 2.27 bits per heavy atom. The summed E-state index contributed by atoms with van der Waals surface area (Å²) in [6, 6.07) is 8.12. The van der Waals surface area contributed by atoms with Crippen LogP contribution in [0.25, 0.3) is 0 Å². The van der Waals surface area contributed by atoms with Crippen molar-refractivity contribution >= 4 is 12.3 Å². The number of benzene rings is 1. The lowest BCUT2D eigenvalue weighted by molar-refractivity contribution is -0.132. The van der Waals surface area contributed by atoms with Gasteiger partial charge in [0.2, 0.25) is 12.3 Å². The van der Waals surface area contributed by atoms with Crippen LogP contribution in [0, 0.1) is 17.8 Å². The van der Waals surface area contributed by atoms with Crippen LogP contribution >= 0.6 is 0 Å². The van der Waals surface area contributed by atoms with Crippen LogP contribution in [0.5, 0.6) is 0 Å². The number of nitrogens with one attached hydrogen (secondary N) is 2. The molecule has 0 aliphatic carbocycles. The van der Waals surface area contributed by atoms with Gasteiger partial charge in [-0.2, -0.15) is 0 Å². The Hall–Kier alpha value is -2.36. The summed E-state index contributed by atoms with van der Waals surface area (Å²) < 4.78 is 0. The number of terminal acetylenes is 1. The van der Waals surface area contributed by atoms with Crippen LogP contribution < -0.4 is 10.6 Å². The average Bonchev–Trinajstić information content (AvgIpc) is 3.13. The van der Waals surface area contributed by atoms with E-state index in [2.05, 4.69) is 51.2 Å². The number of hydrogen-bond donors (Lipinski definition) is 3. The number of carbonyl (C=O) groups excluding carboxylic acids is 2. The molecular formula is C24H39N3O3. The average molecular weight is 418 g/mol. The number of aliphatic hydroxyl groups is 1. The molecule has 2 rings (SSSR count). The van der Waals surface area contributed by atoms with Crippen molar-refractivity contribution in [2.24, 2.45) is 5.41 Å². The number of likely N-dealkylation sites (tertiary alicyclic amines) is 1. The smallest absolute Gasteiger partial charge is 0.223 e. The molecule has 0 bridgehead atoms. The number of nitrogens with zero attached hydrogens (tertiary/aromatic N) is 1. The molecule has 1 unspecified atom stereocenters. The predicted octanol–water partition coefficient (Wildman–Crippen LogP) is 2.54. The third-order valence-corrected chi connectivity index (χ3v) is 4.29. The van der Waals surface area contributed by atoms with Crippen molar-refractivity contribution < 1.29 is 14.7 Å². The topological polar surface area (TPSA) is 81.7 Å². The van der Waals surface area contributed by atoms with Gasteiger partial charge in [0, 0.05) is 37.7 Å². The first kappa shape index (κ1) is 27.6. The lowest BCUT2D eigenvalue weighted by Crippen LogP contribution is -2.32.